The molecule has 0 amide bonds. The maximum atomic E-state index is 11.3. The molecule has 14 heavy (non-hydrogen) atoms. The van der Waals surface area contributed by atoms with E-state index < -0.39 is 10.0 Å². The predicted octanol–water partition coefficient (Wildman–Crippen LogP) is 2.40. The molecule has 0 radical (unpaired) electrons. The third kappa shape index (κ3) is 2.72. The van der Waals surface area contributed by atoms with E-state index in [1.165, 1.54) is 0 Å². The van der Waals surface area contributed by atoms with Gasteiger partial charge in [0.2, 0.25) is 10.0 Å². The average Bonchev–Trinajstić information content (AvgIpc) is 2.12. The smallest absolute Gasteiger partial charge is 0.242 e. The molecule has 0 heterocycles. The van der Waals surface area contributed by atoms with Crippen molar-refractivity contribution >= 4 is 31.6 Å². The van der Waals surface area contributed by atoms with E-state index in [0.717, 1.165) is 11.1 Å². The molecule has 0 spiro atoms. The zero-order valence-corrected chi connectivity index (χ0v) is 10.4. The van der Waals surface area contributed by atoms with Gasteiger partial charge in [-0.05, 0) is 25.0 Å². The van der Waals surface area contributed by atoms with Gasteiger partial charge < -0.3 is 0 Å². The number of alkyl halides is 1. The highest BCUT2D eigenvalue weighted by Crippen LogP contribution is 2.20. The first-order chi connectivity index (χ1) is 6.46. The van der Waals surface area contributed by atoms with Gasteiger partial charge in [0.15, 0.2) is 0 Å². The topological polar surface area (TPSA) is 46.2 Å². The van der Waals surface area contributed by atoms with Crippen molar-refractivity contribution in [1.82, 2.24) is 0 Å². The molecule has 3 nitrogen and oxygen atoms in total. The van der Waals surface area contributed by atoms with Crippen molar-refractivity contribution in [3.63, 3.8) is 0 Å². The summed E-state index contributed by atoms with van der Waals surface area (Å²) >= 11 is 2.93. The van der Waals surface area contributed by atoms with Crippen molar-refractivity contribution in [3.8, 4) is 0 Å². The largest absolute Gasteiger partial charge is 0.282 e. The number of benzene rings is 1. The quantitative estimate of drug-likeness (QED) is 0.863. The van der Waals surface area contributed by atoms with Crippen LogP contribution in [-0.4, -0.2) is 13.1 Å². The van der Waals surface area contributed by atoms with E-state index in [0.29, 0.717) is 5.69 Å². The Labute approximate surface area is 92.7 Å². The monoisotopic (exact) mass is 277 g/mol. The van der Waals surface area contributed by atoms with Crippen LogP contribution in [0.15, 0.2) is 18.2 Å². The van der Waals surface area contributed by atoms with Gasteiger partial charge in [-0.3, -0.25) is 4.72 Å². The first kappa shape index (κ1) is 11.5. The fraction of sp³-hybridized carbons (Fsp3) is 0.333. The van der Waals surface area contributed by atoms with Crippen LogP contribution in [0, 0.1) is 13.8 Å². The average molecular weight is 278 g/mol. The first-order valence-electron chi connectivity index (χ1n) is 4.09. The van der Waals surface area contributed by atoms with Crippen molar-refractivity contribution in [3.05, 3.63) is 29.3 Å². The van der Waals surface area contributed by atoms with Crippen LogP contribution in [0.1, 0.15) is 11.1 Å². The minimum absolute atomic E-state index is 0.0895. The summed E-state index contributed by atoms with van der Waals surface area (Å²) in [6.07, 6.45) is 0. The van der Waals surface area contributed by atoms with Crippen LogP contribution in [0.2, 0.25) is 0 Å². The van der Waals surface area contributed by atoms with Crippen LogP contribution in [0.4, 0.5) is 5.69 Å². The highest BCUT2D eigenvalue weighted by atomic mass is 79.9. The first-order valence-corrected chi connectivity index (χ1v) is 6.86. The lowest BCUT2D eigenvalue weighted by Gasteiger charge is -2.11. The Morgan fingerprint density at radius 3 is 2.21 bits per heavy atom. The summed E-state index contributed by atoms with van der Waals surface area (Å²) in [5.41, 5.74) is 2.52. The summed E-state index contributed by atoms with van der Waals surface area (Å²) in [6.45, 7) is 3.75. The molecule has 1 aromatic carbocycles. The van der Waals surface area contributed by atoms with Crippen molar-refractivity contribution < 1.29 is 8.42 Å². The van der Waals surface area contributed by atoms with Crippen LogP contribution in [-0.2, 0) is 10.0 Å². The Bertz CT molecular complexity index is 408. The van der Waals surface area contributed by atoms with Crippen molar-refractivity contribution in [2.45, 2.75) is 13.8 Å². The Morgan fingerprint density at radius 2 is 1.79 bits per heavy atom. The van der Waals surface area contributed by atoms with E-state index in [1.54, 1.807) is 0 Å². The molecule has 0 saturated heterocycles. The molecule has 0 saturated carbocycles. The normalized spacial score (nSPS) is 11.4. The van der Waals surface area contributed by atoms with Gasteiger partial charge in [0.25, 0.3) is 0 Å². The summed E-state index contributed by atoms with van der Waals surface area (Å²) in [5, 5.41) is 0. The number of para-hydroxylation sites is 1. The second-order valence-electron chi connectivity index (χ2n) is 3.09. The van der Waals surface area contributed by atoms with Crippen LogP contribution in [0.3, 0.4) is 0 Å². The summed E-state index contributed by atoms with van der Waals surface area (Å²) in [6, 6.07) is 5.65. The molecule has 0 aliphatic carbocycles. The zero-order valence-electron chi connectivity index (χ0n) is 8.04. The van der Waals surface area contributed by atoms with Gasteiger partial charge in [-0.1, -0.05) is 34.1 Å². The minimum atomic E-state index is -3.25. The summed E-state index contributed by atoms with van der Waals surface area (Å²) in [4.78, 5) is 0. The van der Waals surface area contributed by atoms with Gasteiger partial charge in [0, 0.05) is 0 Å². The lowest BCUT2D eigenvalue weighted by molar-refractivity contribution is 0.606. The maximum Gasteiger partial charge on any atom is 0.242 e. The third-order valence-corrected chi connectivity index (χ3v) is 4.49. The number of aryl methyl sites for hydroxylation is 2. The Balaban J connectivity index is 3.09. The second-order valence-corrected chi connectivity index (χ2v) is 6.12. The Kier molecular flexibility index (Phi) is 3.55. The molecular formula is C9H12BrNO2S. The van der Waals surface area contributed by atoms with E-state index in [-0.39, 0.29) is 4.66 Å². The summed E-state index contributed by atoms with van der Waals surface area (Å²) < 4.78 is 25.1. The van der Waals surface area contributed by atoms with Crippen molar-refractivity contribution in [2.75, 3.05) is 9.38 Å². The van der Waals surface area contributed by atoms with E-state index in [4.69, 9.17) is 0 Å². The molecule has 1 aromatic rings. The number of hydrogen-bond acceptors (Lipinski definition) is 2. The highest BCUT2D eigenvalue weighted by molar-refractivity contribution is 9.10. The maximum absolute atomic E-state index is 11.3. The molecule has 0 fully saturated rings. The third-order valence-electron chi connectivity index (χ3n) is 1.88. The van der Waals surface area contributed by atoms with Gasteiger partial charge in [-0.25, -0.2) is 8.42 Å². The Hall–Kier alpha value is -0.550. The molecule has 1 rings (SSSR count). The van der Waals surface area contributed by atoms with E-state index in [9.17, 15) is 8.42 Å². The van der Waals surface area contributed by atoms with Gasteiger partial charge >= 0.3 is 0 Å². The molecule has 78 valence electrons. The van der Waals surface area contributed by atoms with E-state index >= 15 is 0 Å². The van der Waals surface area contributed by atoms with Gasteiger partial charge in [-0.2, -0.15) is 0 Å². The van der Waals surface area contributed by atoms with E-state index in [2.05, 4.69) is 20.7 Å². The Morgan fingerprint density at radius 1 is 1.29 bits per heavy atom. The van der Waals surface area contributed by atoms with Gasteiger partial charge in [0.05, 0.1) is 5.69 Å². The standard InChI is InChI=1S/C9H12BrNO2S/c1-7-4-3-5-8(2)9(7)11-14(12,13)6-10/h3-5,11H,6H2,1-2H3. The SMILES string of the molecule is Cc1cccc(C)c1NS(=O)(=O)CBr. The molecule has 0 atom stereocenters. The fourth-order valence-electron chi connectivity index (χ4n) is 1.16. The number of hydrogen-bond donors (Lipinski definition) is 1. The fourth-order valence-corrected chi connectivity index (χ4v) is 2.19. The van der Waals surface area contributed by atoms with Crippen molar-refractivity contribution in [1.29, 1.82) is 0 Å². The van der Waals surface area contributed by atoms with Gasteiger partial charge in [0.1, 0.15) is 4.66 Å². The molecular weight excluding hydrogens is 266 g/mol. The van der Waals surface area contributed by atoms with E-state index in [1.807, 2.05) is 32.0 Å². The number of halogens is 1. The minimum Gasteiger partial charge on any atom is -0.282 e. The second kappa shape index (κ2) is 4.31. The van der Waals surface area contributed by atoms with Crippen LogP contribution in [0.25, 0.3) is 0 Å². The number of rotatable bonds is 3. The zero-order chi connectivity index (χ0) is 10.8. The van der Waals surface area contributed by atoms with Crippen LogP contribution in [0.5, 0.6) is 0 Å². The molecule has 5 heteroatoms. The highest BCUT2D eigenvalue weighted by Gasteiger charge is 2.10. The van der Waals surface area contributed by atoms with Crippen molar-refractivity contribution in [2.24, 2.45) is 0 Å². The molecule has 0 aliphatic rings. The molecule has 1 N–H and O–H groups in total. The van der Waals surface area contributed by atoms with Crippen LogP contribution < -0.4 is 4.72 Å². The number of anilines is 1. The number of nitrogens with one attached hydrogen (secondary N) is 1. The lowest BCUT2D eigenvalue weighted by Crippen LogP contribution is -2.14. The number of sulfonamides is 1. The molecule has 0 bridgehead atoms. The lowest BCUT2D eigenvalue weighted by atomic mass is 10.1. The van der Waals surface area contributed by atoms with Crippen LogP contribution >= 0.6 is 15.9 Å². The van der Waals surface area contributed by atoms with Gasteiger partial charge in [-0.15, -0.1) is 0 Å². The predicted molar refractivity (Wildman–Crippen MR) is 62.3 cm³/mol. The molecule has 0 aromatic heterocycles. The molecule has 0 aliphatic heterocycles. The molecule has 0 unspecified atom stereocenters. The summed E-state index contributed by atoms with van der Waals surface area (Å²) in [7, 11) is -3.25. The summed E-state index contributed by atoms with van der Waals surface area (Å²) in [5.74, 6) is 0.